The van der Waals surface area contributed by atoms with E-state index in [9.17, 15) is 18.0 Å². The Bertz CT molecular complexity index is 280. The van der Waals surface area contributed by atoms with E-state index in [2.05, 4.69) is 0 Å². The van der Waals surface area contributed by atoms with Gasteiger partial charge in [0.15, 0.2) is 0 Å². The van der Waals surface area contributed by atoms with Gasteiger partial charge in [-0.05, 0) is 6.08 Å². The molecule has 2 N–H and O–H groups in total. The van der Waals surface area contributed by atoms with Gasteiger partial charge in [-0.3, -0.25) is 9.69 Å². The molecule has 0 bridgehead atoms. The van der Waals surface area contributed by atoms with Crippen LogP contribution in [0, 0.1) is 0 Å². The highest BCUT2D eigenvalue weighted by molar-refractivity contribution is 5.92. The highest BCUT2D eigenvalue weighted by atomic mass is 19.4. The van der Waals surface area contributed by atoms with Gasteiger partial charge in [0.1, 0.15) is 0 Å². The number of rotatable bonds is 1. The smallest absolute Gasteiger partial charge is 0.366 e. The first kappa shape index (κ1) is 9.63. The van der Waals surface area contributed by atoms with Crippen LogP contribution >= 0.6 is 0 Å². The number of alkyl halides is 3. The first-order valence-electron chi connectivity index (χ1n) is 3.42. The number of hydrogen-bond donors (Lipinski definition) is 1. The summed E-state index contributed by atoms with van der Waals surface area (Å²) in [5, 5.41) is 0. The van der Waals surface area contributed by atoms with E-state index < -0.39 is 18.8 Å². The summed E-state index contributed by atoms with van der Waals surface area (Å²) in [5.74, 6) is -0.835. The van der Waals surface area contributed by atoms with Gasteiger partial charge in [-0.2, -0.15) is 13.2 Å². The van der Waals surface area contributed by atoms with Gasteiger partial charge in [-0.15, -0.1) is 0 Å². The van der Waals surface area contributed by atoms with Crippen molar-refractivity contribution in [3.05, 3.63) is 23.9 Å². The van der Waals surface area contributed by atoms with Crippen LogP contribution in [0.3, 0.4) is 0 Å². The highest BCUT2D eigenvalue weighted by Crippen LogP contribution is 2.24. The number of halogens is 3. The van der Waals surface area contributed by atoms with Crippen LogP contribution < -0.4 is 5.73 Å². The molecule has 6 heteroatoms. The minimum absolute atomic E-state index is 0.0557. The van der Waals surface area contributed by atoms with Crippen LogP contribution in [0.1, 0.15) is 0 Å². The van der Waals surface area contributed by atoms with E-state index in [1.807, 2.05) is 0 Å². The summed E-state index contributed by atoms with van der Waals surface area (Å²) in [4.78, 5) is 10.6. The van der Waals surface area contributed by atoms with Crippen molar-refractivity contribution in [2.45, 2.75) is 6.30 Å². The number of carbonyl (C=O) groups is 1. The molecule has 1 rings (SSSR count). The zero-order valence-corrected chi connectivity index (χ0v) is 6.51. The van der Waals surface area contributed by atoms with Gasteiger partial charge in [-0.25, -0.2) is 0 Å². The van der Waals surface area contributed by atoms with E-state index in [1.165, 1.54) is 6.08 Å². The molecule has 0 aromatic carbocycles. The summed E-state index contributed by atoms with van der Waals surface area (Å²) >= 11 is 0. The van der Waals surface area contributed by atoms with Crippen molar-refractivity contribution in [3.8, 4) is 0 Å². The predicted octanol–water partition coefficient (Wildman–Crippen LogP) is 0.747. The third kappa shape index (κ3) is 2.24. The second-order valence-corrected chi connectivity index (χ2v) is 2.49. The van der Waals surface area contributed by atoms with E-state index in [-0.39, 0.29) is 10.5 Å². The summed E-state index contributed by atoms with van der Waals surface area (Å²) in [6, 6.07) is 0. The molecule has 72 valence electrons. The first-order chi connectivity index (χ1) is 5.91. The normalized spacial score (nSPS) is 17.2. The van der Waals surface area contributed by atoms with E-state index in [4.69, 9.17) is 5.73 Å². The summed E-state index contributed by atoms with van der Waals surface area (Å²) in [5.41, 5.74) is 4.78. The molecule has 3 nitrogen and oxygen atoms in total. The molecule has 0 fully saturated rings. The maximum atomic E-state index is 12.1. The molecule has 1 aliphatic heterocycles. The number of nitrogens with two attached hydrogens (primary N) is 1. The lowest BCUT2D eigenvalue weighted by Gasteiger charge is -2.25. The van der Waals surface area contributed by atoms with Crippen molar-refractivity contribution < 1.29 is 18.0 Å². The summed E-state index contributed by atoms with van der Waals surface area (Å²) < 4.78 is 36.2. The molecule has 0 radical (unpaired) electrons. The maximum Gasteiger partial charge on any atom is 0.484 e. The van der Waals surface area contributed by atoms with E-state index >= 15 is 0 Å². The second-order valence-electron chi connectivity index (χ2n) is 2.49. The molecule has 0 atom stereocenters. The predicted molar refractivity (Wildman–Crippen MR) is 39.2 cm³/mol. The molecule has 1 heterocycles. The first-order valence-corrected chi connectivity index (χ1v) is 3.42. The number of amides is 1. The zero-order valence-electron chi connectivity index (χ0n) is 6.51. The van der Waals surface area contributed by atoms with Crippen molar-refractivity contribution in [2.75, 3.05) is 6.54 Å². The molecule has 0 aliphatic carbocycles. The van der Waals surface area contributed by atoms with Crippen LogP contribution in [-0.4, -0.2) is 23.7 Å². The molecule has 13 heavy (non-hydrogen) atoms. The van der Waals surface area contributed by atoms with Gasteiger partial charge in [0, 0.05) is 11.8 Å². The van der Waals surface area contributed by atoms with Crippen molar-refractivity contribution in [3.63, 3.8) is 0 Å². The molecule has 0 saturated carbocycles. The molecule has 0 aromatic rings. The number of nitrogens with zero attached hydrogens (tertiary/aromatic N) is 1. The summed E-state index contributed by atoms with van der Waals surface area (Å²) in [7, 11) is 0. The number of carbonyl (C=O) groups excluding carboxylic acids is 1. The van der Waals surface area contributed by atoms with Crippen molar-refractivity contribution >= 4 is 5.91 Å². The largest absolute Gasteiger partial charge is 0.484 e. The van der Waals surface area contributed by atoms with Crippen molar-refractivity contribution in [1.29, 1.82) is 0 Å². The van der Waals surface area contributed by atoms with Gasteiger partial charge >= 0.3 is 6.30 Å². The van der Waals surface area contributed by atoms with Crippen LogP contribution in [0.15, 0.2) is 23.9 Å². The van der Waals surface area contributed by atoms with E-state index in [1.54, 1.807) is 0 Å². The third-order valence-corrected chi connectivity index (χ3v) is 1.55. The van der Waals surface area contributed by atoms with Gasteiger partial charge < -0.3 is 5.73 Å². The van der Waals surface area contributed by atoms with Crippen LogP contribution in [0.5, 0.6) is 0 Å². The van der Waals surface area contributed by atoms with E-state index in [0.29, 0.717) is 0 Å². The molecule has 1 aliphatic rings. The lowest BCUT2D eigenvalue weighted by atomic mass is 10.2. The van der Waals surface area contributed by atoms with Gasteiger partial charge in [0.2, 0.25) is 5.91 Å². The van der Waals surface area contributed by atoms with Crippen molar-refractivity contribution in [2.24, 2.45) is 5.73 Å². The average Bonchev–Trinajstić information content (AvgIpc) is 2.03. The summed E-state index contributed by atoms with van der Waals surface area (Å²) in [6.45, 7) is -0.519. The SMILES string of the molecule is NC(=O)C1=CC=CN(C(F)(F)F)C1. The molecule has 0 saturated heterocycles. The lowest BCUT2D eigenvalue weighted by molar-refractivity contribution is -0.225. The lowest BCUT2D eigenvalue weighted by Crippen LogP contribution is -2.38. The van der Waals surface area contributed by atoms with Gasteiger partial charge in [0.25, 0.3) is 0 Å². The topological polar surface area (TPSA) is 46.3 Å². The van der Waals surface area contributed by atoms with Crippen molar-refractivity contribution in [1.82, 2.24) is 4.90 Å². The van der Waals surface area contributed by atoms with Crippen LogP contribution in [0.2, 0.25) is 0 Å². The second kappa shape index (κ2) is 3.12. The van der Waals surface area contributed by atoms with Crippen LogP contribution in [0.4, 0.5) is 13.2 Å². The minimum atomic E-state index is -4.47. The molecule has 0 spiro atoms. The fraction of sp³-hybridized carbons (Fsp3) is 0.286. The fourth-order valence-corrected chi connectivity index (χ4v) is 0.886. The Morgan fingerprint density at radius 1 is 1.54 bits per heavy atom. The van der Waals surface area contributed by atoms with Gasteiger partial charge in [-0.1, -0.05) is 6.08 Å². The van der Waals surface area contributed by atoms with E-state index in [0.717, 1.165) is 12.3 Å². The van der Waals surface area contributed by atoms with Crippen LogP contribution in [-0.2, 0) is 4.79 Å². The zero-order chi connectivity index (χ0) is 10.1. The Balaban J connectivity index is 2.76. The monoisotopic (exact) mass is 192 g/mol. The Morgan fingerprint density at radius 2 is 2.15 bits per heavy atom. The molecule has 0 unspecified atom stereocenters. The number of primary amides is 1. The molecular weight excluding hydrogens is 185 g/mol. The third-order valence-electron chi connectivity index (χ3n) is 1.55. The highest BCUT2D eigenvalue weighted by Gasteiger charge is 2.36. The number of hydrogen-bond acceptors (Lipinski definition) is 2. The summed E-state index contributed by atoms with van der Waals surface area (Å²) in [6.07, 6.45) is -1.21. The molecule has 0 aromatic heterocycles. The number of allylic oxidation sites excluding steroid dienone is 2. The Kier molecular flexibility index (Phi) is 2.31. The average molecular weight is 192 g/mol. The Morgan fingerprint density at radius 3 is 2.62 bits per heavy atom. The standard InChI is InChI=1S/C7H7F3N2O/c8-7(9,10)12-3-1-2-5(4-12)6(11)13/h1-3H,4H2,(H2,11,13). The molecule has 1 amide bonds. The maximum absolute atomic E-state index is 12.1. The molecular formula is C7H7F3N2O. The fourth-order valence-electron chi connectivity index (χ4n) is 0.886. The van der Waals surface area contributed by atoms with Crippen LogP contribution in [0.25, 0.3) is 0 Å². The quantitative estimate of drug-likeness (QED) is 0.623. The minimum Gasteiger partial charge on any atom is -0.366 e. The van der Waals surface area contributed by atoms with Gasteiger partial charge in [0.05, 0.1) is 6.54 Å². The Hall–Kier alpha value is -1.46. The Labute approximate surface area is 72.3 Å².